The van der Waals surface area contributed by atoms with Gasteiger partial charge in [0.15, 0.2) is 0 Å². The molecule has 0 bridgehead atoms. The van der Waals surface area contributed by atoms with Gasteiger partial charge in [0.25, 0.3) is 0 Å². The van der Waals surface area contributed by atoms with Crippen LogP contribution in [-0.4, -0.2) is 22.7 Å². The van der Waals surface area contributed by atoms with Crippen molar-refractivity contribution in [3.63, 3.8) is 0 Å². The van der Waals surface area contributed by atoms with Crippen LogP contribution in [0, 0.1) is 13.8 Å². The lowest BCUT2D eigenvalue weighted by Gasteiger charge is -2.27. The van der Waals surface area contributed by atoms with E-state index in [9.17, 15) is 14.7 Å². The molecule has 0 heterocycles. The summed E-state index contributed by atoms with van der Waals surface area (Å²) in [4.78, 5) is 24.4. The highest BCUT2D eigenvalue weighted by molar-refractivity contribution is 5.84. The number of carbonyl (C=O) groups excluding carboxylic acids is 1. The minimum absolute atomic E-state index is 0.0634. The Balaban J connectivity index is 1.68. The summed E-state index contributed by atoms with van der Waals surface area (Å²) < 4.78 is 11.2. The molecular formula is C27H29NO5. The van der Waals surface area contributed by atoms with Gasteiger partial charge >= 0.3 is 12.1 Å². The lowest BCUT2D eigenvalue weighted by atomic mass is 9.88. The van der Waals surface area contributed by atoms with Gasteiger partial charge in [-0.05, 0) is 60.7 Å². The normalized spacial score (nSPS) is 12.5. The van der Waals surface area contributed by atoms with E-state index < -0.39 is 17.6 Å². The molecule has 0 saturated heterocycles. The summed E-state index contributed by atoms with van der Waals surface area (Å²) in [5.41, 5.74) is 2.98. The third-order valence-corrected chi connectivity index (χ3v) is 5.51. The van der Waals surface area contributed by atoms with Gasteiger partial charge in [0.1, 0.15) is 24.5 Å². The second-order valence-electron chi connectivity index (χ2n) is 8.31. The Morgan fingerprint density at radius 1 is 0.879 bits per heavy atom. The summed E-state index contributed by atoms with van der Waals surface area (Å²) >= 11 is 0. The summed E-state index contributed by atoms with van der Waals surface area (Å²) in [6.45, 7) is 5.81. The Kier molecular flexibility index (Phi) is 7.72. The smallest absolute Gasteiger partial charge is 0.408 e. The Bertz CT molecular complexity index is 1080. The van der Waals surface area contributed by atoms with Gasteiger partial charge in [-0.25, -0.2) is 9.59 Å². The molecule has 3 aromatic carbocycles. The number of aryl methyl sites for hydroxylation is 2. The van der Waals surface area contributed by atoms with E-state index in [-0.39, 0.29) is 13.0 Å². The first-order valence-corrected chi connectivity index (χ1v) is 10.8. The zero-order valence-corrected chi connectivity index (χ0v) is 19.1. The first-order chi connectivity index (χ1) is 15.8. The fourth-order valence-corrected chi connectivity index (χ4v) is 3.57. The van der Waals surface area contributed by atoms with Crippen LogP contribution in [0.2, 0.25) is 0 Å². The van der Waals surface area contributed by atoms with Crippen molar-refractivity contribution in [3.8, 4) is 5.75 Å². The number of hydrogen-bond donors (Lipinski definition) is 2. The number of ether oxygens (including phenoxy) is 2. The molecule has 0 saturated carbocycles. The summed E-state index contributed by atoms with van der Waals surface area (Å²) in [6, 6.07) is 22.9. The average Bonchev–Trinajstić information content (AvgIpc) is 2.80. The molecule has 0 radical (unpaired) electrons. The predicted molar refractivity (Wildman–Crippen MR) is 126 cm³/mol. The number of rotatable bonds is 9. The zero-order valence-electron chi connectivity index (χ0n) is 19.1. The van der Waals surface area contributed by atoms with Crippen LogP contribution in [0.5, 0.6) is 5.75 Å². The van der Waals surface area contributed by atoms with Gasteiger partial charge in [0, 0.05) is 6.42 Å². The predicted octanol–water partition coefficient (Wildman–Crippen LogP) is 5.19. The number of amides is 1. The Hall–Kier alpha value is -3.80. The van der Waals surface area contributed by atoms with E-state index in [0.717, 1.165) is 27.8 Å². The fourth-order valence-electron chi connectivity index (χ4n) is 3.57. The van der Waals surface area contributed by atoms with Crippen molar-refractivity contribution in [2.45, 2.75) is 45.9 Å². The maximum absolute atomic E-state index is 12.4. The number of benzene rings is 3. The summed E-state index contributed by atoms with van der Waals surface area (Å²) in [7, 11) is 0. The molecule has 2 N–H and O–H groups in total. The SMILES string of the molecule is Cc1cc(OCc2ccccc2)cc(C)c1CC(C)(NC(=O)OCc1ccccc1)C(=O)O. The zero-order chi connectivity index (χ0) is 23.8. The van der Waals surface area contributed by atoms with Gasteiger partial charge in [-0.3, -0.25) is 0 Å². The van der Waals surface area contributed by atoms with Gasteiger partial charge in [-0.15, -0.1) is 0 Å². The van der Waals surface area contributed by atoms with Crippen LogP contribution < -0.4 is 10.1 Å². The summed E-state index contributed by atoms with van der Waals surface area (Å²) in [5, 5.41) is 12.4. The molecule has 0 aliphatic rings. The minimum Gasteiger partial charge on any atom is -0.489 e. The Morgan fingerprint density at radius 3 is 1.91 bits per heavy atom. The molecule has 33 heavy (non-hydrogen) atoms. The maximum Gasteiger partial charge on any atom is 0.408 e. The van der Waals surface area contributed by atoms with Crippen molar-refractivity contribution in [1.82, 2.24) is 5.32 Å². The summed E-state index contributed by atoms with van der Waals surface area (Å²) in [6.07, 6.45) is -0.666. The first kappa shape index (κ1) is 23.9. The highest BCUT2D eigenvalue weighted by Gasteiger charge is 2.36. The largest absolute Gasteiger partial charge is 0.489 e. The van der Waals surface area contributed by atoms with Gasteiger partial charge in [0.05, 0.1) is 0 Å². The number of nitrogens with one attached hydrogen (secondary N) is 1. The Labute approximate surface area is 194 Å². The van der Waals surface area contributed by atoms with Gasteiger partial charge < -0.3 is 19.9 Å². The molecule has 0 fully saturated rings. The fraction of sp³-hybridized carbons (Fsp3) is 0.259. The number of aliphatic carboxylic acids is 1. The molecule has 172 valence electrons. The van der Waals surface area contributed by atoms with E-state index in [0.29, 0.717) is 12.4 Å². The van der Waals surface area contributed by atoms with Crippen LogP contribution in [-0.2, 0) is 29.2 Å². The van der Waals surface area contributed by atoms with Gasteiger partial charge in [-0.1, -0.05) is 60.7 Å². The van der Waals surface area contributed by atoms with E-state index in [1.807, 2.05) is 86.6 Å². The molecule has 3 rings (SSSR count). The van der Waals surface area contributed by atoms with Gasteiger partial charge in [0.2, 0.25) is 0 Å². The quantitative estimate of drug-likeness (QED) is 0.471. The second kappa shape index (κ2) is 10.7. The number of alkyl carbamates (subject to hydrolysis) is 1. The lowest BCUT2D eigenvalue weighted by Crippen LogP contribution is -2.54. The summed E-state index contributed by atoms with van der Waals surface area (Å²) in [5.74, 6) is -0.424. The number of carboxylic acids is 1. The van der Waals surface area contributed by atoms with Crippen molar-refractivity contribution in [2.75, 3.05) is 0 Å². The molecule has 3 aromatic rings. The topological polar surface area (TPSA) is 84.9 Å². The number of carbonyl (C=O) groups is 2. The lowest BCUT2D eigenvalue weighted by molar-refractivity contribution is -0.143. The van der Waals surface area contributed by atoms with Crippen molar-refractivity contribution in [1.29, 1.82) is 0 Å². The van der Waals surface area contributed by atoms with Crippen molar-refractivity contribution in [3.05, 3.63) is 101 Å². The third kappa shape index (κ3) is 6.59. The standard InChI is InChI=1S/C27H29NO5/c1-19-14-23(32-17-21-10-6-4-7-11-21)15-20(2)24(19)16-27(3,25(29)30)28-26(31)33-18-22-12-8-5-9-13-22/h4-15H,16-18H2,1-3H3,(H,28,31)(H,29,30). The second-order valence-corrected chi connectivity index (χ2v) is 8.31. The molecule has 0 aliphatic carbocycles. The molecule has 0 aliphatic heterocycles. The van der Waals surface area contributed by atoms with Crippen LogP contribution in [0.15, 0.2) is 72.8 Å². The van der Waals surface area contributed by atoms with E-state index in [2.05, 4.69) is 5.32 Å². The van der Waals surface area contributed by atoms with Crippen molar-refractivity contribution in [2.24, 2.45) is 0 Å². The van der Waals surface area contributed by atoms with Crippen LogP contribution in [0.4, 0.5) is 4.79 Å². The van der Waals surface area contributed by atoms with E-state index in [1.54, 1.807) is 0 Å². The van der Waals surface area contributed by atoms with Crippen LogP contribution in [0.25, 0.3) is 0 Å². The molecule has 6 heteroatoms. The Morgan fingerprint density at radius 2 is 1.39 bits per heavy atom. The van der Waals surface area contributed by atoms with E-state index >= 15 is 0 Å². The van der Waals surface area contributed by atoms with Crippen molar-refractivity contribution >= 4 is 12.1 Å². The molecule has 0 spiro atoms. The maximum atomic E-state index is 12.4. The molecule has 1 unspecified atom stereocenters. The first-order valence-electron chi connectivity index (χ1n) is 10.8. The van der Waals surface area contributed by atoms with E-state index in [1.165, 1.54) is 6.92 Å². The van der Waals surface area contributed by atoms with Crippen LogP contribution in [0.1, 0.15) is 34.7 Å². The monoisotopic (exact) mass is 447 g/mol. The highest BCUT2D eigenvalue weighted by atomic mass is 16.5. The molecule has 0 aromatic heterocycles. The number of carboxylic acid groups (broad SMARTS) is 1. The number of hydrogen-bond acceptors (Lipinski definition) is 4. The third-order valence-electron chi connectivity index (χ3n) is 5.51. The van der Waals surface area contributed by atoms with Crippen molar-refractivity contribution < 1.29 is 24.2 Å². The molecule has 6 nitrogen and oxygen atoms in total. The van der Waals surface area contributed by atoms with Gasteiger partial charge in [-0.2, -0.15) is 0 Å². The van der Waals surface area contributed by atoms with Crippen LogP contribution >= 0.6 is 0 Å². The molecule has 1 atom stereocenters. The average molecular weight is 448 g/mol. The van der Waals surface area contributed by atoms with Crippen LogP contribution in [0.3, 0.4) is 0 Å². The highest BCUT2D eigenvalue weighted by Crippen LogP contribution is 2.26. The minimum atomic E-state index is -1.53. The van der Waals surface area contributed by atoms with E-state index in [4.69, 9.17) is 9.47 Å². The molecular weight excluding hydrogens is 418 g/mol. The molecule has 1 amide bonds.